The van der Waals surface area contributed by atoms with Crippen LogP contribution in [0.2, 0.25) is 0 Å². The van der Waals surface area contributed by atoms with Crippen LogP contribution < -0.4 is 19.3 Å². The highest BCUT2D eigenvalue weighted by atomic mass is 16.5. The monoisotopic (exact) mass is 451 g/mol. The molecule has 0 N–H and O–H groups in total. The fourth-order valence-corrected chi connectivity index (χ4v) is 3.97. The number of piperazine rings is 1. The highest BCUT2D eigenvalue weighted by molar-refractivity contribution is 5.92. The zero-order valence-corrected chi connectivity index (χ0v) is 20.4. The Hall–Kier alpha value is -2.99. The topological polar surface area (TPSA) is 45.2 Å². The van der Waals surface area contributed by atoms with Crippen LogP contribution in [0.5, 0.6) is 11.5 Å². The lowest BCUT2D eigenvalue weighted by molar-refractivity contribution is -0.116. The molecule has 2 aromatic carbocycles. The SMILES string of the molecule is COc1cc(N(CC=C(C)C)C(C)=O)ccc1OCCCN1CCN(c2ccccc2)CC1. The number of carbonyl (C=O) groups is 1. The predicted molar refractivity (Wildman–Crippen MR) is 136 cm³/mol. The first kappa shape index (κ1) is 24.6. The summed E-state index contributed by atoms with van der Waals surface area (Å²) in [5.74, 6) is 1.35. The number of nitrogens with zero attached hydrogens (tertiary/aromatic N) is 3. The normalized spacial score (nSPS) is 14.0. The average molecular weight is 452 g/mol. The van der Waals surface area contributed by atoms with Gasteiger partial charge in [-0.1, -0.05) is 29.8 Å². The van der Waals surface area contributed by atoms with Gasteiger partial charge >= 0.3 is 0 Å². The number of methoxy groups -OCH3 is 1. The van der Waals surface area contributed by atoms with E-state index in [0.29, 0.717) is 24.7 Å². The molecule has 1 aliphatic rings. The molecular weight excluding hydrogens is 414 g/mol. The van der Waals surface area contributed by atoms with E-state index in [0.717, 1.165) is 44.8 Å². The highest BCUT2D eigenvalue weighted by Crippen LogP contribution is 2.32. The molecule has 0 saturated carbocycles. The van der Waals surface area contributed by atoms with Gasteiger partial charge in [0.1, 0.15) is 0 Å². The third-order valence-electron chi connectivity index (χ3n) is 5.89. The Morgan fingerprint density at radius 1 is 1.00 bits per heavy atom. The van der Waals surface area contributed by atoms with Crippen LogP contribution in [0.25, 0.3) is 0 Å². The van der Waals surface area contributed by atoms with E-state index in [1.54, 1.807) is 18.9 Å². The molecular formula is C27H37N3O3. The van der Waals surface area contributed by atoms with Crippen molar-refractivity contribution in [2.75, 3.05) is 62.8 Å². The summed E-state index contributed by atoms with van der Waals surface area (Å²) in [5.41, 5.74) is 3.29. The van der Waals surface area contributed by atoms with E-state index >= 15 is 0 Å². The molecule has 1 saturated heterocycles. The maximum Gasteiger partial charge on any atom is 0.224 e. The van der Waals surface area contributed by atoms with Crippen molar-refractivity contribution in [2.24, 2.45) is 0 Å². The van der Waals surface area contributed by atoms with Crippen molar-refractivity contribution >= 4 is 17.3 Å². The minimum Gasteiger partial charge on any atom is -0.493 e. The number of amides is 1. The summed E-state index contributed by atoms with van der Waals surface area (Å²) >= 11 is 0. The first-order valence-electron chi connectivity index (χ1n) is 11.7. The molecule has 1 amide bonds. The first-order chi connectivity index (χ1) is 16.0. The second kappa shape index (κ2) is 12.3. The number of para-hydroxylation sites is 1. The largest absolute Gasteiger partial charge is 0.493 e. The first-order valence-corrected chi connectivity index (χ1v) is 11.7. The summed E-state index contributed by atoms with van der Waals surface area (Å²) in [6, 6.07) is 16.3. The number of ether oxygens (including phenoxy) is 2. The fraction of sp³-hybridized carbons (Fsp3) is 0.444. The average Bonchev–Trinajstić information content (AvgIpc) is 2.83. The van der Waals surface area contributed by atoms with Gasteiger partial charge in [-0.05, 0) is 44.5 Å². The fourth-order valence-electron chi connectivity index (χ4n) is 3.97. The van der Waals surface area contributed by atoms with Gasteiger partial charge in [0.25, 0.3) is 0 Å². The molecule has 0 spiro atoms. The van der Waals surface area contributed by atoms with E-state index in [9.17, 15) is 4.79 Å². The molecule has 0 atom stereocenters. The lowest BCUT2D eigenvalue weighted by Gasteiger charge is -2.36. The van der Waals surface area contributed by atoms with Gasteiger partial charge in [-0.25, -0.2) is 0 Å². The van der Waals surface area contributed by atoms with E-state index in [2.05, 4.69) is 40.1 Å². The number of hydrogen-bond acceptors (Lipinski definition) is 5. The van der Waals surface area contributed by atoms with Crippen LogP contribution in [0, 0.1) is 0 Å². The predicted octanol–water partition coefficient (Wildman–Crippen LogP) is 4.61. The Balaban J connectivity index is 1.47. The molecule has 178 valence electrons. The van der Waals surface area contributed by atoms with E-state index in [1.165, 1.54) is 11.3 Å². The lowest BCUT2D eigenvalue weighted by atomic mass is 10.2. The number of hydrogen-bond donors (Lipinski definition) is 0. The molecule has 33 heavy (non-hydrogen) atoms. The minimum atomic E-state index is -0.00409. The molecule has 3 rings (SSSR count). The van der Waals surface area contributed by atoms with Gasteiger partial charge in [-0.15, -0.1) is 0 Å². The van der Waals surface area contributed by atoms with Crippen molar-refractivity contribution in [3.8, 4) is 11.5 Å². The van der Waals surface area contributed by atoms with Crippen molar-refractivity contribution < 1.29 is 14.3 Å². The molecule has 0 bridgehead atoms. The molecule has 6 heteroatoms. The maximum absolute atomic E-state index is 12.1. The third-order valence-corrected chi connectivity index (χ3v) is 5.89. The lowest BCUT2D eigenvalue weighted by Crippen LogP contribution is -2.46. The summed E-state index contributed by atoms with van der Waals surface area (Å²) in [4.78, 5) is 18.8. The van der Waals surface area contributed by atoms with Crippen LogP contribution in [0.15, 0.2) is 60.2 Å². The quantitative estimate of drug-likeness (QED) is 0.390. The van der Waals surface area contributed by atoms with Crippen LogP contribution >= 0.6 is 0 Å². The Morgan fingerprint density at radius 3 is 2.36 bits per heavy atom. The van der Waals surface area contributed by atoms with Gasteiger partial charge < -0.3 is 19.3 Å². The number of allylic oxidation sites excluding steroid dienone is 1. The van der Waals surface area contributed by atoms with Crippen molar-refractivity contribution in [1.29, 1.82) is 0 Å². The van der Waals surface area contributed by atoms with Crippen molar-refractivity contribution in [1.82, 2.24) is 4.90 Å². The molecule has 1 aliphatic heterocycles. The van der Waals surface area contributed by atoms with Crippen molar-refractivity contribution in [2.45, 2.75) is 27.2 Å². The molecule has 6 nitrogen and oxygen atoms in total. The summed E-state index contributed by atoms with van der Waals surface area (Å²) in [6.45, 7) is 12.1. The smallest absolute Gasteiger partial charge is 0.224 e. The zero-order valence-electron chi connectivity index (χ0n) is 20.4. The van der Waals surface area contributed by atoms with Gasteiger partial charge in [0.2, 0.25) is 5.91 Å². The Bertz CT molecular complexity index is 917. The van der Waals surface area contributed by atoms with E-state index < -0.39 is 0 Å². The van der Waals surface area contributed by atoms with Crippen LogP contribution in [0.4, 0.5) is 11.4 Å². The number of rotatable bonds is 10. The Kier molecular flexibility index (Phi) is 9.19. The number of carbonyl (C=O) groups excluding carboxylic acids is 1. The van der Waals surface area contributed by atoms with Crippen LogP contribution in [-0.4, -0.2) is 63.8 Å². The molecule has 0 unspecified atom stereocenters. The standard InChI is InChI=1S/C27H37N3O3/c1-22(2)13-15-30(23(3)31)25-11-12-26(27(21-25)32-4)33-20-8-14-28-16-18-29(19-17-28)24-9-6-5-7-10-24/h5-7,9-13,21H,8,14-20H2,1-4H3. The summed E-state index contributed by atoms with van der Waals surface area (Å²) in [7, 11) is 1.63. The summed E-state index contributed by atoms with van der Waals surface area (Å²) in [5, 5.41) is 0. The molecule has 0 aliphatic carbocycles. The van der Waals surface area contributed by atoms with Crippen LogP contribution in [0.3, 0.4) is 0 Å². The van der Waals surface area contributed by atoms with Crippen molar-refractivity contribution in [3.05, 3.63) is 60.2 Å². The number of anilines is 2. The van der Waals surface area contributed by atoms with Gasteiger partial charge in [0.05, 0.1) is 13.7 Å². The Morgan fingerprint density at radius 2 is 1.73 bits per heavy atom. The van der Waals surface area contributed by atoms with Gasteiger partial charge in [0.15, 0.2) is 11.5 Å². The molecule has 2 aromatic rings. The second-order valence-electron chi connectivity index (χ2n) is 8.61. The van der Waals surface area contributed by atoms with Gasteiger partial charge in [0, 0.05) is 63.6 Å². The van der Waals surface area contributed by atoms with E-state index in [1.807, 2.05) is 38.1 Å². The number of benzene rings is 2. The third kappa shape index (κ3) is 7.26. The minimum absolute atomic E-state index is 0.00409. The van der Waals surface area contributed by atoms with Gasteiger partial charge in [-0.2, -0.15) is 0 Å². The summed E-state index contributed by atoms with van der Waals surface area (Å²) < 4.78 is 11.6. The molecule has 1 fully saturated rings. The maximum atomic E-state index is 12.1. The van der Waals surface area contributed by atoms with E-state index in [4.69, 9.17) is 9.47 Å². The van der Waals surface area contributed by atoms with Crippen LogP contribution in [0.1, 0.15) is 27.2 Å². The van der Waals surface area contributed by atoms with Gasteiger partial charge in [-0.3, -0.25) is 9.69 Å². The molecule has 1 heterocycles. The molecule has 0 aromatic heterocycles. The van der Waals surface area contributed by atoms with E-state index in [-0.39, 0.29) is 5.91 Å². The van der Waals surface area contributed by atoms with Crippen molar-refractivity contribution in [3.63, 3.8) is 0 Å². The highest BCUT2D eigenvalue weighted by Gasteiger charge is 2.17. The Labute approximate surface area is 198 Å². The zero-order chi connectivity index (χ0) is 23.6. The molecule has 0 radical (unpaired) electrons. The van der Waals surface area contributed by atoms with Crippen LogP contribution in [-0.2, 0) is 4.79 Å². The second-order valence-corrected chi connectivity index (χ2v) is 8.61. The summed E-state index contributed by atoms with van der Waals surface area (Å²) in [6.07, 6.45) is 2.99.